The number of amides is 1. The standard InChI is InChI=1S/C16H21N3O2/c1-3-12-14(16(20)17-11-7-4-5-8-11)19-10-6-9-13(21-2)15(19)18-12/h6,9-11H,3-5,7-8H2,1-2H3,(H,17,20). The number of aryl methyl sites for hydroxylation is 1. The van der Waals surface area contributed by atoms with Gasteiger partial charge in [0.1, 0.15) is 5.69 Å². The second-order valence-electron chi connectivity index (χ2n) is 5.49. The number of imidazole rings is 1. The summed E-state index contributed by atoms with van der Waals surface area (Å²) < 4.78 is 7.17. The highest BCUT2D eigenvalue weighted by atomic mass is 16.5. The monoisotopic (exact) mass is 287 g/mol. The molecule has 1 aliphatic carbocycles. The van der Waals surface area contributed by atoms with Crippen LogP contribution in [0.4, 0.5) is 0 Å². The smallest absolute Gasteiger partial charge is 0.270 e. The molecule has 5 heteroatoms. The van der Waals surface area contributed by atoms with Crippen LogP contribution in [0, 0.1) is 0 Å². The zero-order valence-corrected chi connectivity index (χ0v) is 12.6. The molecule has 0 spiro atoms. The lowest BCUT2D eigenvalue weighted by Crippen LogP contribution is -2.33. The van der Waals surface area contributed by atoms with Crippen molar-refractivity contribution in [2.75, 3.05) is 7.11 Å². The van der Waals surface area contributed by atoms with Gasteiger partial charge in [-0.15, -0.1) is 0 Å². The van der Waals surface area contributed by atoms with E-state index in [1.54, 1.807) is 7.11 Å². The molecule has 0 unspecified atom stereocenters. The highest BCUT2D eigenvalue weighted by Crippen LogP contribution is 2.23. The number of hydrogen-bond acceptors (Lipinski definition) is 3. The van der Waals surface area contributed by atoms with E-state index in [4.69, 9.17) is 4.74 Å². The fourth-order valence-electron chi connectivity index (χ4n) is 3.06. The largest absolute Gasteiger partial charge is 0.493 e. The van der Waals surface area contributed by atoms with Crippen LogP contribution < -0.4 is 10.1 Å². The van der Waals surface area contributed by atoms with E-state index in [-0.39, 0.29) is 5.91 Å². The number of carbonyl (C=O) groups is 1. The zero-order valence-electron chi connectivity index (χ0n) is 12.6. The number of nitrogens with one attached hydrogen (secondary N) is 1. The maximum absolute atomic E-state index is 12.6. The van der Waals surface area contributed by atoms with E-state index in [0.29, 0.717) is 23.1 Å². The number of aromatic nitrogens is 2. The Hall–Kier alpha value is -2.04. The van der Waals surface area contributed by atoms with Crippen molar-refractivity contribution < 1.29 is 9.53 Å². The summed E-state index contributed by atoms with van der Waals surface area (Å²) in [6.45, 7) is 2.01. The molecule has 1 aliphatic rings. The van der Waals surface area contributed by atoms with Gasteiger partial charge in [-0.05, 0) is 31.4 Å². The molecule has 0 bridgehead atoms. The molecule has 1 saturated carbocycles. The molecule has 2 heterocycles. The predicted octanol–water partition coefficient (Wildman–Crippen LogP) is 2.58. The third-order valence-electron chi connectivity index (χ3n) is 4.15. The van der Waals surface area contributed by atoms with Crippen LogP contribution in [-0.4, -0.2) is 28.4 Å². The molecule has 0 aromatic carbocycles. The van der Waals surface area contributed by atoms with Crippen molar-refractivity contribution in [3.05, 3.63) is 29.7 Å². The van der Waals surface area contributed by atoms with Crippen LogP contribution in [0.3, 0.4) is 0 Å². The van der Waals surface area contributed by atoms with Crippen LogP contribution in [0.5, 0.6) is 5.75 Å². The van der Waals surface area contributed by atoms with E-state index in [1.165, 1.54) is 12.8 Å². The van der Waals surface area contributed by atoms with E-state index in [1.807, 2.05) is 29.7 Å². The minimum atomic E-state index is -0.0282. The number of methoxy groups -OCH3 is 1. The first-order chi connectivity index (χ1) is 10.2. The average Bonchev–Trinajstić information content (AvgIpc) is 3.12. The second kappa shape index (κ2) is 5.76. The van der Waals surface area contributed by atoms with Crippen LogP contribution in [0.1, 0.15) is 48.8 Å². The quantitative estimate of drug-likeness (QED) is 0.940. The lowest BCUT2D eigenvalue weighted by molar-refractivity contribution is 0.0931. The summed E-state index contributed by atoms with van der Waals surface area (Å²) in [5, 5.41) is 3.15. The molecular formula is C16H21N3O2. The molecule has 3 rings (SSSR count). The van der Waals surface area contributed by atoms with Crippen molar-refractivity contribution in [1.29, 1.82) is 0 Å². The van der Waals surface area contributed by atoms with E-state index >= 15 is 0 Å². The summed E-state index contributed by atoms with van der Waals surface area (Å²) in [7, 11) is 1.62. The molecule has 5 nitrogen and oxygen atoms in total. The highest BCUT2D eigenvalue weighted by molar-refractivity contribution is 5.95. The summed E-state index contributed by atoms with van der Waals surface area (Å²) in [6, 6.07) is 4.04. The summed E-state index contributed by atoms with van der Waals surface area (Å²) in [5.74, 6) is 0.659. The van der Waals surface area contributed by atoms with Crippen molar-refractivity contribution >= 4 is 11.6 Å². The summed E-state index contributed by atoms with van der Waals surface area (Å²) in [6.07, 6.45) is 7.14. The third kappa shape index (κ3) is 2.48. The SMILES string of the molecule is CCc1nc2c(OC)cccn2c1C(=O)NC1CCCC1. The number of ether oxygens (including phenoxy) is 1. The van der Waals surface area contributed by atoms with Crippen molar-refractivity contribution in [2.24, 2.45) is 0 Å². The first kappa shape index (κ1) is 13.9. The van der Waals surface area contributed by atoms with Crippen LogP contribution in [0.2, 0.25) is 0 Å². The average molecular weight is 287 g/mol. The van der Waals surface area contributed by atoms with Crippen LogP contribution in [0.15, 0.2) is 18.3 Å². The summed E-state index contributed by atoms with van der Waals surface area (Å²) >= 11 is 0. The lowest BCUT2D eigenvalue weighted by atomic mass is 10.2. The van der Waals surface area contributed by atoms with E-state index in [2.05, 4.69) is 10.3 Å². The number of nitrogens with zero attached hydrogens (tertiary/aromatic N) is 2. The molecule has 112 valence electrons. The Morgan fingerprint density at radius 3 is 2.90 bits per heavy atom. The van der Waals surface area contributed by atoms with Crippen molar-refractivity contribution in [2.45, 2.75) is 45.1 Å². The lowest BCUT2D eigenvalue weighted by Gasteiger charge is -2.12. The first-order valence-corrected chi connectivity index (χ1v) is 7.59. The Kier molecular flexibility index (Phi) is 3.82. The van der Waals surface area contributed by atoms with E-state index in [9.17, 15) is 4.79 Å². The molecule has 0 atom stereocenters. The van der Waals surface area contributed by atoms with Gasteiger partial charge in [-0.3, -0.25) is 9.20 Å². The number of fused-ring (bicyclic) bond motifs is 1. The van der Waals surface area contributed by atoms with Gasteiger partial charge in [-0.25, -0.2) is 4.98 Å². The van der Waals surface area contributed by atoms with Gasteiger partial charge in [0.15, 0.2) is 11.4 Å². The van der Waals surface area contributed by atoms with Gasteiger partial charge in [-0.2, -0.15) is 0 Å². The van der Waals surface area contributed by atoms with Gasteiger partial charge in [-0.1, -0.05) is 19.8 Å². The maximum Gasteiger partial charge on any atom is 0.270 e. The fraction of sp³-hybridized carbons (Fsp3) is 0.500. The molecule has 0 saturated heterocycles. The number of carbonyl (C=O) groups excluding carboxylic acids is 1. The van der Waals surface area contributed by atoms with Crippen LogP contribution in [-0.2, 0) is 6.42 Å². The summed E-state index contributed by atoms with van der Waals surface area (Å²) in [5.41, 5.74) is 2.15. The Morgan fingerprint density at radius 2 is 2.24 bits per heavy atom. The maximum atomic E-state index is 12.6. The van der Waals surface area contributed by atoms with Crippen molar-refractivity contribution in [1.82, 2.24) is 14.7 Å². The summed E-state index contributed by atoms with van der Waals surface area (Å²) in [4.78, 5) is 17.2. The molecule has 2 aromatic rings. The van der Waals surface area contributed by atoms with Gasteiger partial charge in [0.05, 0.1) is 12.8 Å². The molecular weight excluding hydrogens is 266 g/mol. The van der Waals surface area contributed by atoms with E-state index < -0.39 is 0 Å². The first-order valence-electron chi connectivity index (χ1n) is 7.59. The fourth-order valence-corrected chi connectivity index (χ4v) is 3.06. The Balaban J connectivity index is 2.01. The molecule has 1 amide bonds. The third-order valence-corrected chi connectivity index (χ3v) is 4.15. The van der Waals surface area contributed by atoms with Gasteiger partial charge in [0.2, 0.25) is 0 Å². The zero-order chi connectivity index (χ0) is 14.8. The van der Waals surface area contributed by atoms with Crippen LogP contribution >= 0.6 is 0 Å². The van der Waals surface area contributed by atoms with Gasteiger partial charge < -0.3 is 10.1 Å². The topological polar surface area (TPSA) is 55.6 Å². The number of hydrogen-bond donors (Lipinski definition) is 1. The van der Waals surface area contributed by atoms with Crippen molar-refractivity contribution in [3.63, 3.8) is 0 Å². The Labute approximate surface area is 124 Å². The minimum absolute atomic E-state index is 0.0282. The van der Waals surface area contributed by atoms with E-state index in [0.717, 1.165) is 25.0 Å². The predicted molar refractivity (Wildman–Crippen MR) is 80.8 cm³/mol. The second-order valence-corrected chi connectivity index (χ2v) is 5.49. The Bertz CT molecular complexity index is 657. The molecule has 1 N–H and O–H groups in total. The minimum Gasteiger partial charge on any atom is -0.493 e. The molecule has 21 heavy (non-hydrogen) atoms. The van der Waals surface area contributed by atoms with Crippen molar-refractivity contribution in [3.8, 4) is 5.75 Å². The highest BCUT2D eigenvalue weighted by Gasteiger charge is 2.23. The molecule has 1 fully saturated rings. The number of rotatable bonds is 4. The van der Waals surface area contributed by atoms with Crippen LogP contribution in [0.25, 0.3) is 5.65 Å². The van der Waals surface area contributed by atoms with Gasteiger partial charge >= 0.3 is 0 Å². The Morgan fingerprint density at radius 1 is 1.48 bits per heavy atom. The molecule has 2 aromatic heterocycles. The molecule has 0 radical (unpaired) electrons. The van der Waals surface area contributed by atoms with Gasteiger partial charge in [0, 0.05) is 12.2 Å². The molecule has 0 aliphatic heterocycles. The van der Waals surface area contributed by atoms with Gasteiger partial charge in [0.25, 0.3) is 5.91 Å². The normalized spacial score (nSPS) is 15.5. The number of pyridine rings is 1.